The second-order valence-corrected chi connectivity index (χ2v) is 5.22. The van der Waals surface area contributed by atoms with Crippen LogP contribution in [-0.2, 0) is 6.54 Å². The highest BCUT2D eigenvalue weighted by Gasteiger charge is 2.16. The molecule has 1 aromatic heterocycles. The van der Waals surface area contributed by atoms with Crippen LogP contribution < -0.4 is 15.2 Å². The number of methoxy groups -OCH3 is 1. The molecule has 0 amide bonds. The number of hydrogen-bond acceptors (Lipinski definition) is 6. The number of rotatable bonds is 5. The molecule has 0 saturated carbocycles. The summed E-state index contributed by atoms with van der Waals surface area (Å²) >= 11 is 3.47. The molecule has 1 heterocycles. The molecule has 0 aliphatic heterocycles. The molecule has 108 valence electrons. The van der Waals surface area contributed by atoms with Crippen molar-refractivity contribution in [1.29, 1.82) is 0 Å². The monoisotopic (exact) mass is 341 g/mol. The summed E-state index contributed by atoms with van der Waals surface area (Å²) in [7, 11) is 1.59. The molecule has 0 unspecified atom stereocenters. The first-order chi connectivity index (χ1) is 9.55. The van der Waals surface area contributed by atoms with Gasteiger partial charge in [-0.1, -0.05) is 5.16 Å². The third-order valence-corrected chi connectivity index (χ3v) is 3.16. The lowest BCUT2D eigenvalue weighted by Crippen LogP contribution is -2.07. The first-order valence-corrected chi connectivity index (χ1v) is 6.91. The summed E-state index contributed by atoms with van der Waals surface area (Å²) in [5.74, 6) is 2.10. The van der Waals surface area contributed by atoms with Gasteiger partial charge in [0.15, 0.2) is 11.5 Å². The number of aromatic nitrogens is 2. The summed E-state index contributed by atoms with van der Waals surface area (Å²) in [6.45, 7) is 4.10. The van der Waals surface area contributed by atoms with Gasteiger partial charge in [-0.25, -0.2) is 0 Å². The average molecular weight is 342 g/mol. The van der Waals surface area contributed by atoms with Gasteiger partial charge in [-0.15, -0.1) is 0 Å². The summed E-state index contributed by atoms with van der Waals surface area (Å²) in [4.78, 5) is 4.21. The Morgan fingerprint density at radius 2 is 2.10 bits per heavy atom. The fraction of sp³-hybridized carbons (Fsp3) is 0.385. The van der Waals surface area contributed by atoms with E-state index < -0.39 is 0 Å². The van der Waals surface area contributed by atoms with Gasteiger partial charge in [0.05, 0.1) is 19.8 Å². The molecule has 2 rings (SSSR count). The minimum atomic E-state index is 0.0304. The fourth-order valence-electron chi connectivity index (χ4n) is 1.66. The number of hydrogen-bond donors (Lipinski definition) is 1. The number of ether oxygens (including phenoxy) is 2. The Bertz CT molecular complexity index is 599. The molecule has 0 atom stereocenters. The van der Waals surface area contributed by atoms with E-state index in [4.69, 9.17) is 19.7 Å². The molecule has 2 N–H and O–H groups in total. The Kier molecular flexibility index (Phi) is 4.61. The zero-order valence-electron chi connectivity index (χ0n) is 11.5. The number of benzene rings is 1. The molecule has 1 aromatic carbocycles. The molecule has 20 heavy (non-hydrogen) atoms. The SMILES string of the molecule is COc1cc(Br)c(-c2noc(CN)n2)cc1OC(C)C. The van der Waals surface area contributed by atoms with Crippen LogP contribution in [0.25, 0.3) is 11.4 Å². The van der Waals surface area contributed by atoms with Gasteiger partial charge in [0.25, 0.3) is 0 Å². The first-order valence-electron chi connectivity index (χ1n) is 6.12. The lowest BCUT2D eigenvalue weighted by Gasteiger charge is -2.15. The van der Waals surface area contributed by atoms with Crippen LogP contribution in [-0.4, -0.2) is 23.4 Å². The lowest BCUT2D eigenvalue weighted by atomic mass is 10.2. The molecule has 0 saturated heterocycles. The van der Waals surface area contributed by atoms with E-state index in [9.17, 15) is 0 Å². The van der Waals surface area contributed by atoms with Crippen molar-refractivity contribution in [2.45, 2.75) is 26.5 Å². The van der Waals surface area contributed by atoms with E-state index in [1.165, 1.54) is 0 Å². The van der Waals surface area contributed by atoms with Crippen LogP contribution in [0.1, 0.15) is 19.7 Å². The van der Waals surface area contributed by atoms with Gasteiger partial charge in [0.1, 0.15) is 0 Å². The van der Waals surface area contributed by atoms with Crippen LogP contribution >= 0.6 is 15.9 Å². The number of nitrogens with two attached hydrogens (primary N) is 1. The highest BCUT2D eigenvalue weighted by Crippen LogP contribution is 2.38. The van der Waals surface area contributed by atoms with E-state index in [1.807, 2.05) is 26.0 Å². The number of nitrogens with zero attached hydrogens (tertiary/aromatic N) is 2. The average Bonchev–Trinajstić information content (AvgIpc) is 2.88. The Balaban J connectivity index is 2.47. The van der Waals surface area contributed by atoms with E-state index in [0.717, 1.165) is 10.0 Å². The van der Waals surface area contributed by atoms with Crippen LogP contribution in [0.3, 0.4) is 0 Å². The smallest absolute Gasteiger partial charge is 0.240 e. The van der Waals surface area contributed by atoms with Gasteiger partial charge >= 0.3 is 0 Å². The van der Waals surface area contributed by atoms with Gasteiger partial charge in [-0.2, -0.15) is 4.98 Å². The summed E-state index contributed by atoms with van der Waals surface area (Å²) in [6.07, 6.45) is 0.0304. The maximum atomic E-state index is 5.73. The Morgan fingerprint density at radius 1 is 1.35 bits per heavy atom. The topological polar surface area (TPSA) is 83.4 Å². The van der Waals surface area contributed by atoms with Crippen molar-refractivity contribution in [3.8, 4) is 22.9 Å². The van der Waals surface area contributed by atoms with Crippen molar-refractivity contribution in [1.82, 2.24) is 10.1 Å². The van der Waals surface area contributed by atoms with E-state index >= 15 is 0 Å². The summed E-state index contributed by atoms with van der Waals surface area (Å²) < 4.78 is 16.8. The Labute approximate surface area is 125 Å². The van der Waals surface area contributed by atoms with E-state index in [-0.39, 0.29) is 12.6 Å². The normalized spacial score (nSPS) is 10.9. The minimum Gasteiger partial charge on any atom is -0.493 e. The van der Waals surface area contributed by atoms with E-state index in [0.29, 0.717) is 23.2 Å². The van der Waals surface area contributed by atoms with Gasteiger partial charge in [-0.3, -0.25) is 0 Å². The summed E-state index contributed by atoms with van der Waals surface area (Å²) in [5.41, 5.74) is 6.22. The Morgan fingerprint density at radius 3 is 2.65 bits per heavy atom. The third kappa shape index (κ3) is 3.10. The zero-order valence-corrected chi connectivity index (χ0v) is 13.1. The molecule has 2 aromatic rings. The first kappa shape index (κ1) is 14.8. The van der Waals surface area contributed by atoms with Gasteiger partial charge in [0.2, 0.25) is 11.7 Å². The molecule has 0 bridgehead atoms. The van der Waals surface area contributed by atoms with Crippen LogP contribution in [0, 0.1) is 0 Å². The lowest BCUT2D eigenvalue weighted by molar-refractivity contribution is 0.230. The van der Waals surface area contributed by atoms with Gasteiger partial charge < -0.3 is 19.7 Å². The fourth-order valence-corrected chi connectivity index (χ4v) is 2.16. The zero-order chi connectivity index (χ0) is 14.7. The quantitative estimate of drug-likeness (QED) is 0.900. The minimum absolute atomic E-state index is 0.0304. The van der Waals surface area contributed by atoms with Crippen molar-refractivity contribution in [3.63, 3.8) is 0 Å². The maximum Gasteiger partial charge on any atom is 0.240 e. The maximum absolute atomic E-state index is 5.73. The van der Waals surface area contributed by atoms with Gasteiger partial charge in [0, 0.05) is 10.0 Å². The van der Waals surface area contributed by atoms with Crippen molar-refractivity contribution in [3.05, 3.63) is 22.5 Å². The summed E-state index contributed by atoms with van der Waals surface area (Å²) in [5, 5.41) is 3.90. The van der Waals surface area contributed by atoms with Crippen LogP contribution in [0.5, 0.6) is 11.5 Å². The molecule has 6 nitrogen and oxygen atoms in total. The van der Waals surface area contributed by atoms with Crippen LogP contribution in [0.2, 0.25) is 0 Å². The van der Waals surface area contributed by atoms with Crippen molar-refractivity contribution in [2.24, 2.45) is 5.73 Å². The predicted molar refractivity (Wildman–Crippen MR) is 77.6 cm³/mol. The molecule has 0 fully saturated rings. The van der Waals surface area contributed by atoms with E-state index in [1.54, 1.807) is 7.11 Å². The molecule has 0 aliphatic carbocycles. The van der Waals surface area contributed by atoms with Crippen molar-refractivity contribution in [2.75, 3.05) is 7.11 Å². The van der Waals surface area contributed by atoms with Crippen LogP contribution in [0.4, 0.5) is 0 Å². The van der Waals surface area contributed by atoms with Gasteiger partial charge in [-0.05, 0) is 41.9 Å². The standard InChI is InChI=1S/C13H16BrN3O3/c1-7(2)19-11-4-8(9(14)5-10(11)18-3)13-16-12(6-15)20-17-13/h4-5,7H,6,15H2,1-3H3. The second-order valence-electron chi connectivity index (χ2n) is 4.37. The third-order valence-electron chi connectivity index (χ3n) is 2.50. The van der Waals surface area contributed by atoms with Crippen LogP contribution in [0.15, 0.2) is 21.1 Å². The predicted octanol–water partition coefficient (Wildman–Crippen LogP) is 2.75. The van der Waals surface area contributed by atoms with Crippen molar-refractivity contribution >= 4 is 15.9 Å². The van der Waals surface area contributed by atoms with E-state index in [2.05, 4.69) is 26.1 Å². The molecule has 7 heteroatoms. The molecule has 0 radical (unpaired) electrons. The largest absolute Gasteiger partial charge is 0.493 e. The highest BCUT2D eigenvalue weighted by molar-refractivity contribution is 9.10. The molecular formula is C13H16BrN3O3. The van der Waals surface area contributed by atoms with Crippen molar-refractivity contribution < 1.29 is 14.0 Å². The number of halogens is 1. The second kappa shape index (κ2) is 6.23. The highest BCUT2D eigenvalue weighted by atomic mass is 79.9. The molecule has 0 aliphatic rings. The Hall–Kier alpha value is -1.60. The molecular weight excluding hydrogens is 326 g/mol. The molecule has 0 spiro atoms. The summed E-state index contributed by atoms with van der Waals surface area (Å²) in [6, 6.07) is 3.62.